The Morgan fingerprint density at radius 2 is 1.93 bits per heavy atom. The van der Waals surface area contributed by atoms with Crippen LogP contribution in [-0.2, 0) is 4.79 Å². The molecule has 3 atom stereocenters. The van der Waals surface area contributed by atoms with Crippen LogP contribution in [0.1, 0.15) is 34.3 Å². The van der Waals surface area contributed by atoms with Crippen molar-refractivity contribution in [3.05, 3.63) is 71.6 Å². The molecule has 0 radical (unpaired) electrons. The Labute approximate surface area is 164 Å². The van der Waals surface area contributed by atoms with E-state index < -0.39 is 0 Å². The number of aliphatic hydroxyl groups excluding tert-OH is 1. The summed E-state index contributed by atoms with van der Waals surface area (Å²) in [6, 6.07) is 11.2. The fourth-order valence-electron chi connectivity index (χ4n) is 4.35. The van der Waals surface area contributed by atoms with Crippen molar-refractivity contribution in [3.8, 4) is 0 Å². The van der Waals surface area contributed by atoms with Gasteiger partial charge in [-0.25, -0.2) is 0 Å². The molecule has 144 valence electrons. The summed E-state index contributed by atoms with van der Waals surface area (Å²) in [4.78, 5) is 32.8. The Balaban J connectivity index is 1.58. The number of allylic oxidation sites excluding steroid dienone is 1. The summed E-state index contributed by atoms with van der Waals surface area (Å²) in [5.74, 6) is -0.258. The number of carbonyl (C=O) groups excluding carboxylic acids is 2. The number of hydrogen-bond acceptors (Lipinski definition) is 4. The van der Waals surface area contributed by atoms with E-state index in [-0.39, 0.29) is 43.0 Å². The van der Waals surface area contributed by atoms with E-state index in [0.29, 0.717) is 12.1 Å². The summed E-state index contributed by atoms with van der Waals surface area (Å²) in [5, 5.41) is 9.87. The molecule has 2 aliphatic heterocycles. The van der Waals surface area contributed by atoms with Crippen LogP contribution in [0, 0.1) is 0 Å². The van der Waals surface area contributed by atoms with Crippen LogP contribution < -0.4 is 0 Å². The average molecular weight is 377 g/mol. The molecule has 0 unspecified atom stereocenters. The molecule has 28 heavy (non-hydrogen) atoms. The summed E-state index contributed by atoms with van der Waals surface area (Å²) in [6.45, 7) is 2.40. The van der Waals surface area contributed by atoms with Crippen molar-refractivity contribution in [2.24, 2.45) is 0 Å². The van der Waals surface area contributed by atoms with Gasteiger partial charge >= 0.3 is 0 Å². The quantitative estimate of drug-likeness (QED) is 0.884. The third kappa shape index (κ3) is 3.10. The van der Waals surface area contributed by atoms with Crippen LogP contribution in [0.4, 0.5) is 0 Å². The van der Waals surface area contributed by atoms with Gasteiger partial charge in [0.1, 0.15) is 6.54 Å². The van der Waals surface area contributed by atoms with E-state index in [1.54, 1.807) is 34.3 Å². The minimum absolute atomic E-state index is 0.0154. The first kappa shape index (κ1) is 18.4. The van der Waals surface area contributed by atoms with E-state index in [2.05, 4.69) is 4.98 Å². The van der Waals surface area contributed by atoms with Gasteiger partial charge in [-0.2, -0.15) is 0 Å². The molecule has 0 aliphatic carbocycles. The third-order valence-corrected chi connectivity index (χ3v) is 5.65. The minimum Gasteiger partial charge on any atom is -0.394 e. The molecule has 0 saturated carbocycles. The first-order chi connectivity index (χ1) is 13.6. The van der Waals surface area contributed by atoms with Gasteiger partial charge in [-0.15, -0.1) is 0 Å². The molecule has 1 N–H and O–H groups in total. The topological polar surface area (TPSA) is 73.7 Å². The van der Waals surface area contributed by atoms with Gasteiger partial charge in [-0.05, 0) is 30.2 Å². The Morgan fingerprint density at radius 1 is 1.21 bits per heavy atom. The smallest absolute Gasteiger partial charge is 0.254 e. The maximum atomic E-state index is 12.8. The van der Waals surface area contributed by atoms with Crippen LogP contribution in [-0.4, -0.2) is 63.5 Å². The van der Waals surface area contributed by atoms with Crippen molar-refractivity contribution in [3.63, 3.8) is 0 Å². The number of amides is 2. The zero-order valence-corrected chi connectivity index (χ0v) is 15.7. The largest absolute Gasteiger partial charge is 0.394 e. The molecule has 6 heteroatoms. The number of aromatic nitrogens is 1. The maximum absolute atomic E-state index is 12.8. The van der Waals surface area contributed by atoms with Crippen LogP contribution in [0.15, 0.2) is 54.9 Å². The zero-order chi connectivity index (χ0) is 19.7. The van der Waals surface area contributed by atoms with E-state index in [1.165, 1.54) is 0 Å². The Morgan fingerprint density at radius 3 is 2.57 bits per heavy atom. The van der Waals surface area contributed by atoms with Crippen molar-refractivity contribution < 1.29 is 14.7 Å². The molecular weight excluding hydrogens is 354 g/mol. The highest BCUT2D eigenvalue weighted by Crippen LogP contribution is 2.43. The number of aliphatic hydroxyl groups is 1. The summed E-state index contributed by atoms with van der Waals surface area (Å²) >= 11 is 0. The fourth-order valence-corrected chi connectivity index (χ4v) is 4.35. The Kier molecular flexibility index (Phi) is 4.96. The summed E-state index contributed by atoms with van der Waals surface area (Å²) < 4.78 is 0. The number of piperazine rings is 1. The lowest BCUT2D eigenvalue weighted by Gasteiger charge is -2.58. The van der Waals surface area contributed by atoms with E-state index in [9.17, 15) is 14.7 Å². The molecule has 6 nitrogen and oxygen atoms in total. The second-order valence-corrected chi connectivity index (χ2v) is 7.23. The molecule has 2 amide bonds. The van der Waals surface area contributed by atoms with Gasteiger partial charge in [-0.3, -0.25) is 14.6 Å². The highest BCUT2D eigenvalue weighted by Gasteiger charge is 2.54. The second-order valence-electron chi connectivity index (χ2n) is 7.23. The molecule has 1 aromatic carbocycles. The molecule has 2 fully saturated rings. The van der Waals surface area contributed by atoms with Crippen molar-refractivity contribution in [1.82, 2.24) is 14.8 Å². The number of hydrogen-bond donors (Lipinski definition) is 1. The number of rotatable bonds is 4. The van der Waals surface area contributed by atoms with Gasteiger partial charge < -0.3 is 14.9 Å². The van der Waals surface area contributed by atoms with E-state index in [0.717, 1.165) is 11.1 Å². The Hall–Kier alpha value is -2.99. The van der Waals surface area contributed by atoms with Gasteiger partial charge in [0.2, 0.25) is 5.91 Å². The molecule has 3 heterocycles. The molecule has 0 spiro atoms. The molecule has 2 saturated heterocycles. The van der Waals surface area contributed by atoms with Gasteiger partial charge in [-0.1, -0.05) is 36.4 Å². The number of carbonyl (C=O) groups is 2. The van der Waals surface area contributed by atoms with Crippen molar-refractivity contribution in [2.75, 3.05) is 19.7 Å². The monoisotopic (exact) mass is 377 g/mol. The predicted molar refractivity (Wildman–Crippen MR) is 106 cm³/mol. The fraction of sp³-hybridized carbons (Fsp3) is 0.318. The lowest BCUT2D eigenvalue weighted by atomic mass is 9.73. The van der Waals surface area contributed by atoms with Crippen molar-refractivity contribution in [2.45, 2.75) is 24.9 Å². The molecule has 4 rings (SSSR count). The lowest BCUT2D eigenvalue weighted by Crippen LogP contribution is -2.73. The van der Waals surface area contributed by atoms with Gasteiger partial charge in [0, 0.05) is 30.4 Å². The molecule has 0 bridgehead atoms. The van der Waals surface area contributed by atoms with Crippen LogP contribution in [0.2, 0.25) is 0 Å². The van der Waals surface area contributed by atoms with E-state index >= 15 is 0 Å². The number of fused-ring (bicyclic) bond motifs is 1. The molecule has 2 aliphatic rings. The van der Waals surface area contributed by atoms with Crippen LogP contribution >= 0.6 is 0 Å². The minimum atomic E-state index is -0.233. The number of pyridine rings is 1. The summed E-state index contributed by atoms with van der Waals surface area (Å²) in [5.41, 5.74) is 2.72. The lowest BCUT2D eigenvalue weighted by molar-refractivity contribution is -0.159. The van der Waals surface area contributed by atoms with Gasteiger partial charge in [0.15, 0.2) is 0 Å². The normalized spacial score (nSPS) is 24.2. The summed E-state index contributed by atoms with van der Waals surface area (Å²) in [6.07, 6.45) is 7.16. The number of nitrogens with zero attached hydrogens (tertiary/aromatic N) is 3. The van der Waals surface area contributed by atoms with Gasteiger partial charge in [0.05, 0.1) is 18.7 Å². The molecule has 1 aromatic heterocycles. The highest BCUT2D eigenvalue weighted by molar-refractivity contribution is 5.97. The Bertz CT molecular complexity index is 895. The van der Waals surface area contributed by atoms with E-state index in [1.807, 2.05) is 43.3 Å². The zero-order valence-electron chi connectivity index (χ0n) is 15.7. The second kappa shape index (κ2) is 7.56. The summed E-state index contributed by atoms with van der Waals surface area (Å²) in [7, 11) is 0. The van der Waals surface area contributed by atoms with Crippen molar-refractivity contribution >= 4 is 17.9 Å². The predicted octanol–water partition coefficient (Wildman–Crippen LogP) is 1.93. The molecule has 2 aromatic rings. The SMILES string of the molecule is C/C=C/c1ccc([C@H]2[C@H]3CN(C(=O)c4ccncc4)CC(=O)N3[C@H]2CO)cc1. The third-order valence-electron chi connectivity index (χ3n) is 5.65. The first-order valence-corrected chi connectivity index (χ1v) is 9.48. The number of benzene rings is 1. The van der Waals surface area contributed by atoms with Crippen LogP contribution in [0.5, 0.6) is 0 Å². The standard InChI is InChI=1S/C22H23N3O3/c1-2-3-15-4-6-16(7-5-15)21-18-12-24(13-20(27)25(18)19(21)14-26)22(28)17-8-10-23-11-9-17/h2-11,18-19,21,26H,12-14H2,1H3/b3-2+/t18-,19+,21+/m1/s1. The van der Waals surface area contributed by atoms with E-state index in [4.69, 9.17) is 0 Å². The van der Waals surface area contributed by atoms with Crippen LogP contribution in [0.3, 0.4) is 0 Å². The van der Waals surface area contributed by atoms with Gasteiger partial charge in [0.25, 0.3) is 5.91 Å². The highest BCUT2D eigenvalue weighted by atomic mass is 16.3. The van der Waals surface area contributed by atoms with Crippen molar-refractivity contribution in [1.29, 1.82) is 0 Å². The first-order valence-electron chi connectivity index (χ1n) is 9.48. The van der Waals surface area contributed by atoms with Crippen LogP contribution in [0.25, 0.3) is 6.08 Å². The average Bonchev–Trinajstić information content (AvgIpc) is 2.71. The maximum Gasteiger partial charge on any atom is 0.254 e. The molecular formula is C22H23N3O3.